The van der Waals surface area contributed by atoms with Crippen molar-refractivity contribution in [2.24, 2.45) is 23.7 Å². The van der Waals surface area contributed by atoms with Gasteiger partial charge < -0.3 is 9.67 Å². The summed E-state index contributed by atoms with van der Waals surface area (Å²) in [4.78, 5) is 10.8. The van der Waals surface area contributed by atoms with E-state index in [4.69, 9.17) is 5.11 Å². The van der Waals surface area contributed by atoms with Gasteiger partial charge in [-0.05, 0) is 55.8 Å². The first-order chi connectivity index (χ1) is 9.70. The molecule has 4 fully saturated rings. The van der Waals surface area contributed by atoms with Crippen molar-refractivity contribution in [1.29, 1.82) is 0 Å². The molecule has 4 bridgehead atoms. The van der Waals surface area contributed by atoms with Gasteiger partial charge in [0.2, 0.25) is 0 Å². The molecule has 1 aromatic heterocycles. The van der Waals surface area contributed by atoms with Crippen LogP contribution >= 0.6 is 0 Å². The Morgan fingerprint density at radius 1 is 1.20 bits per heavy atom. The molecule has 4 aliphatic rings. The van der Waals surface area contributed by atoms with E-state index < -0.39 is 5.97 Å². The molecule has 0 aliphatic heterocycles. The van der Waals surface area contributed by atoms with Crippen molar-refractivity contribution in [2.75, 3.05) is 0 Å². The molecule has 0 aromatic carbocycles. The van der Waals surface area contributed by atoms with Gasteiger partial charge in [-0.1, -0.05) is 0 Å². The zero-order valence-corrected chi connectivity index (χ0v) is 11.6. The SMILES string of the molecule is O=C(O)CCc1nncn1C1C2CC3CC(C2)CC1C3. The molecule has 0 atom stereocenters. The maximum absolute atomic E-state index is 10.8. The lowest BCUT2D eigenvalue weighted by Gasteiger charge is -2.54. The highest BCUT2D eigenvalue weighted by atomic mass is 16.4. The number of aryl methyl sites for hydroxylation is 1. The first kappa shape index (κ1) is 12.4. The fourth-order valence-corrected chi connectivity index (χ4v) is 5.26. The van der Waals surface area contributed by atoms with E-state index in [9.17, 15) is 4.79 Å². The third-order valence-corrected chi connectivity index (χ3v) is 5.71. The third kappa shape index (κ3) is 1.95. The van der Waals surface area contributed by atoms with E-state index >= 15 is 0 Å². The average molecular weight is 275 g/mol. The fourth-order valence-electron chi connectivity index (χ4n) is 5.26. The number of aromatic nitrogens is 3. The molecule has 4 aliphatic carbocycles. The number of hydrogen-bond donors (Lipinski definition) is 1. The van der Waals surface area contributed by atoms with Gasteiger partial charge in [-0.3, -0.25) is 4.79 Å². The Kier molecular flexibility index (Phi) is 2.82. The number of aliphatic carboxylic acids is 1. The van der Waals surface area contributed by atoms with E-state index in [1.165, 1.54) is 32.1 Å². The number of carboxylic acid groups (broad SMARTS) is 1. The molecule has 0 amide bonds. The van der Waals surface area contributed by atoms with Crippen LogP contribution < -0.4 is 0 Å². The number of carboxylic acids is 1. The van der Waals surface area contributed by atoms with Crippen LogP contribution in [0.1, 0.15) is 50.4 Å². The van der Waals surface area contributed by atoms with Gasteiger partial charge in [-0.15, -0.1) is 10.2 Å². The molecule has 0 spiro atoms. The molecule has 1 heterocycles. The number of nitrogens with zero attached hydrogens (tertiary/aromatic N) is 3. The molecular formula is C15H21N3O2. The minimum Gasteiger partial charge on any atom is -0.481 e. The van der Waals surface area contributed by atoms with Gasteiger partial charge in [0.25, 0.3) is 0 Å². The molecule has 108 valence electrons. The van der Waals surface area contributed by atoms with Crippen LogP contribution in [-0.2, 0) is 11.2 Å². The topological polar surface area (TPSA) is 68.0 Å². The average Bonchev–Trinajstić information content (AvgIpc) is 2.83. The Bertz CT molecular complexity index is 497. The molecule has 20 heavy (non-hydrogen) atoms. The zero-order valence-electron chi connectivity index (χ0n) is 11.6. The Morgan fingerprint density at radius 3 is 2.45 bits per heavy atom. The summed E-state index contributed by atoms with van der Waals surface area (Å²) in [6.07, 6.45) is 9.35. The first-order valence-electron chi connectivity index (χ1n) is 7.81. The second kappa shape index (κ2) is 4.57. The highest BCUT2D eigenvalue weighted by Gasteiger charge is 2.49. The molecule has 5 nitrogen and oxygen atoms in total. The summed E-state index contributed by atoms with van der Waals surface area (Å²) in [7, 11) is 0. The Hall–Kier alpha value is -1.39. The van der Waals surface area contributed by atoms with Crippen molar-refractivity contribution in [1.82, 2.24) is 14.8 Å². The minimum absolute atomic E-state index is 0.145. The van der Waals surface area contributed by atoms with Crippen LogP contribution in [0.15, 0.2) is 6.33 Å². The Balaban J connectivity index is 1.58. The zero-order chi connectivity index (χ0) is 13.7. The third-order valence-electron chi connectivity index (χ3n) is 5.71. The minimum atomic E-state index is -0.760. The smallest absolute Gasteiger partial charge is 0.303 e. The molecule has 5 heteroatoms. The van der Waals surface area contributed by atoms with E-state index in [0.29, 0.717) is 12.5 Å². The summed E-state index contributed by atoms with van der Waals surface area (Å²) >= 11 is 0. The second-order valence-electron chi connectivity index (χ2n) is 6.97. The summed E-state index contributed by atoms with van der Waals surface area (Å²) in [5.41, 5.74) is 0. The van der Waals surface area contributed by atoms with Crippen molar-refractivity contribution in [2.45, 2.75) is 51.0 Å². The highest BCUT2D eigenvalue weighted by molar-refractivity contribution is 5.66. The summed E-state index contributed by atoms with van der Waals surface area (Å²) in [5.74, 6) is 3.55. The lowest BCUT2D eigenvalue weighted by atomic mass is 9.54. The molecule has 1 aromatic rings. The van der Waals surface area contributed by atoms with Gasteiger partial charge in [0.05, 0.1) is 6.42 Å². The van der Waals surface area contributed by atoms with Crippen molar-refractivity contribution in [3.8, 4) is 0 Å². The van der Waals surface area contributed by atoms with Gasteiger partial charge in [-0.2, -0.15) is 0 Å². The molecule has 0 radical (unpaired) electrons. The number of hydrogen-bond acceptors (Lipinski definition) is 3. The van der Waals surface area contributed by atoms with Crippen LogP contribution in [0.5, 0.6) is 0 Å². The highest BCUT2D eigenvalue weighted by Crippen LogP contribution is 2.58. The van der Waals surface area contributed by atoms with Crippen molar-refractivity contribution >= 4 is 5.97 Å². The lowest BCUT2D eigenvalue weighted by Crippen LogP contribution is -2.46. The summed E-state index contributed by atoms with van der Waals surface area (Å²) in [6.45, 7) is 0. The lowest BCUT2D eigenvalue weighted by molar-refractivity contribution is -0.137. The Morgan fingerprint density at radius 2 is 1.85 bits per heavy atom. The molecule has 0 saturated heterocycles. The van der Waals surface area contributed by atoms with Crippen LogP contribution in [0.25, 0.3) is 0 Å². The first-order valence-corrected chi connectivity index (χ1v) is 7.81. The van der Waals surface area contributed by atoms with Gasteiger partial charge in [0.15, 0.2) is 0 Å². The van der Waals surface area contributed by atoms with E-state index in [0.717, 1.165) is 29.5 Å². The summed E-state index contributed by atoms with van der Waals surface area (Å²) in [6, 6.07) is 0.529. The van der Waals surface area contributed by atoms with Gasteiger partial charge in [0.1, 0.15) is 12.2 Å². The van der Waals surface area contributed by atoms with Gasteiger partial charge in [0, 0.05) is 12.5 Å². The van der Waals surface area contributed by atoms with Gasteiger partial charge >= 0.3 is 5.97 Å². The van der Waals surface area contributed by atoms with E-state index in [1.54, 1.807) is 0 Å². The maximum Gasteiger partial charge on any atom is 0.303 e. The molecular weight excluding hydrogens is 254 g/mol. The van der Waals surface area contributed by atoms with E-state index in [1.807, 2.05) is 6.33 Å². The standard InChI is InChI=1S/C15H21N3O2/c19-14(20)2-1-13-17-16-8-18(13)15-11-4-9-3-10(6-11)7-12(15)5-9/h8-12,15H,1-7H2,(H,19,20). The predicted molar refractivity (Wildman–Crippen MR) is 72.1 cm³/mol. The molecule has 1 N–H and O–H groups in total. The molecule has 0 unspecified atom stereocenters. The number of rotatable bonds is 4. The second-order valence-corrected chi connectivity index (χ2v) is 6.97. The van der Waals surface area contributed by atoms with Crippen LogP contribution in [-0.4, -0.2) is 25.8 Å². The van der Waals surface area contributed by atoms with Crippen molar-refractivity contribution in [3.05, 3.63) is 12.2 Å². The van der Waals surface area contributed by atoms with Crippen molar-refractivity contribution < 1.29 is 9.90 Å². The largest absolute Gasteiger partial charge is 0.481 e. The predicted octanol–water partition coefficient (Wildman–Crippen LogP) is 2.29. The van der Waals surface area contributed by atoms with E-state index in [-0.39, 0.29) is 6.42 Å². The van der Waals surface area contributed by atoms with Crippen LogP contribution in [0.2, 0.25) is 0 Å². The van der Waals surface area contributed by atoms with Crippen LogP contribution in [0.4, 0.5) is 0 Å². The maximum atomic E-state index is 10.8. The van der Waals surface area contributed by atoms with Crippen LogP contribution in [0.3, 0.4) is 0 Å². The van der Waals surface area contributed by atoms with Crippen LogP contribution in [0, 0.1) is 23.7 Å². The van der Waals surface area contributed by atoms with E-state index in [2.05, 4.69) is 14.8 Å². The molecule has 5 rings (SSSR count). The molecule has 4 saturated carbocycles. The Labute approximate surface area is 118 Å². The number of carbonyl (C=O) groups is 1. The van der Waals surface area contributed by atoms with Crippen molar-refractivity contribution in [3.63, 3.8) is 0 Å². The fraction of sp³-hybridized carbons (Fsp3) is 0.800. The summed E-state index contributed by atoms with van der Waals surface area (Å²) < 4.78 is 2.22. The normalized spacial score (nSPS) is 38.3. The quantitative estimate of drug-likeness (QED) is 0.915. The summed E-state index contributed by atoms with van der Waals surface area (Å²) in [5, 5.41) is 17.1. The van der Waals surface area contributed by atoms with Gasteiger partial charge in [-0.25, -0.2) is 0 Å². The monoisotopic (exact) mass is 275 g/mol.